The molecule has 0 atom stereocenters. The number of fused-ring (bicyclic) bond motifs is 1. The summed E-state index contributed by atoms with van der Waals surface area (Å²) in [6.45, 7) is 1.83. The Labute approximate surface area is 114 Å². The summed E-state index contributed by atoms with van der Waals surface area (Å²) < 4.78 is 9.40. The molecule has 0 spiro atoms. The van der Waals surface area contributed by atoms with E-state index in [4.69, 9.17) is 4.74 Å². The molecule has 104 valence electrons. The van der Waals surface area contributed by atoms with Crippen molar-refractivity contribution >= 4 is 22.8 Å². The number of aromatic amines is 1. The minimum atomic E-state index is -0.695. The van der Waals surface area contributed by atoms with Crippen LogP contribution in [0.3, 0.4) is 0 Å². The molecule has 0 unspecified atom stereocenters. The lowest BCUT2D eigenvalue weighted by atomic mass is 10.1. The molecule has 0 saturated carbocycles. The minimum absolute atomic E-state index is 0.0960. The zero-order valence-electron chi connectivity index (χ0n) is 11.1. The molecule has 0 saturated heterocycles. The van der Waals surface area contributed by atoms with Crippen LogP contribution in [0.2, 0.25) is 0 Å². The number of benzene rings is 1. The number of ether oxygens (including phenoxy) is 2. The van der Waals surface area contributed by atoms with E-state index in [1.165, 1.54) is 25.4 Å². The average molecular weight is 275 g/mol. The van der Waals surface area contributed by atoms with Crippen molar-refractivity contribution in [3.05, 3.63) is 45.7 Å². The third-order valence-electron chi connectivity index (χ3n) is 2.80. The molecule has 0 radical (unpaired) electrons. The number of methoxy groups -OCH3 is 1. The number of hydrogen-bond acceptors (Lipinski definition) is 5. The van der Waals surface area contributed by atoms with Crippen molar-refractivity contribution in [1.82, 2.24) is 4.98 Å². The van der Waals surface area contributed by atoms with Crippen molar-refractivity contribution in [2.45, 2.75) is 6.92 Å². The van der Waals surface area contributed by atoms with E-state index in [2.05, 4.69) is 9.72 Å². The highest BCUT2D eigenvalue weighted by atomic mass is 16.5. The first kappa shape index (κ1) is 13.8. The highest BCUT2D eigenvalue weighted by Crippen LogP contribution is 2.12. The number of carbonyl (C=O) groups is 2. The molecule has 1 heterocycles. The Bertz CT molecular complexity index is 732. The van der Waals surface area contributed by atoms with Crippen molar-refractivity contribution in [2.75, 3.05) is 13.7 Å². The number of aromatic nitrogens is 1. The molecule has 0 fully saturated rings. The van der Waals surface area contributed by atoms with E-state index in [0.717, 1.165) is 0 Å². The van der Waals surface area contributed by atoms with Gasteiger partial charge in [-0.1, -0.05) is 0 Å². The first-order chi connectivity index (χ1) is 9.58. The van der Waals surface area contributed by atoms with Gasteiger partial charge in [0.05, 0.1) is 19.3 Å². The third kappa shape index (κ3) is 2.40. The molecule has 6 heteroatoms. The second-order valence-electron chi connectivity index (χ2n) is 4.00. The fourth-order valence-corrected chi connectivity index (χ4v) is 1.82. The number of hydrogen-bond donors (Lipinski definition) is 1. The van der Waals surface area contributed by atoms with E-state index in [0.29, 0.717) is 5.52 Å². The highest BCUT2D eigenvalue weighted by Gasteiger charge is 2.15. The summed E-state index contributed by atoms with van der Waals surface area (Å²) in [6.07, 6.45) is 1.31. The molecule has 0 amide bonds. The van der Waals surface area contributed by atoms with Gasteiger partial charge in [-0.05, 0) is 25.1 Å². The molecular formula is C14H13NO5. The average Bonchev–Trinajstić information content (AvgIpc) is 2.46. The topological polar surface area (TPSA) is 85.5 Å². The maximum Gasteiger partial charge on any atom is 0.343 e. The van der Waals surface area contributed by atoms with E-state index in [1.807, 2.05) is 0 Å². The van der Waals surface area contributed by atoms with Crippen molar-refractivity contribution in [2.24, 2.45) is 0 Å². The molecule has 2 aromatic rings. The molecule has 0 aliphatic heterocycles. The van der Waals surface area contributed by atoms with Crippen LogP contribution in [0.25, 0.3) is 10.9 Å². The van der Waals surface area contributed by atoms with Gasteiger partial charge >= 0.3 is 11.9 Å². The zero-order valence-corrected chi connectivity index (χ0v) is 11.1. The van der Waals surface area contributed by atoms with Crippen LogP contribution in [0.1, 0.15) is 27.6 Å². The Morgan fingerprint density at radius 1 is 1.25 bits per heavy atom. The largest absolute Gasteiger partial charge is 0.465 e. The number of nitrogens with one attached hydrogen (secondary N) is 1. The van der Waals surface area contributed by atoms with Crippen LogP contribution in [0.15, 0.2) is 29.2 Å². The fourth-order valence-electron chi connectivity index (χ4n) is 1.82. The molecule has 0 bridgehead atoms. The van der Waals surface area contributed by atoms with Gasteiger partial charge in [0.25, 0.3) is 0 Å². The van der Waals surface area contributed by atoms with Crippen molar-refractivity contribution in [1.29, 1.82) is 0 Å². The number of carbonyl (C=O) groups excluding carboxylic acids is 2. The number of H-pyrrole nitrogens is 1. The number of esters is 2. The van der Waals surface area contributed by atoms with Gasteiger partial charge in [-0.2, -0.15) is 0 Å². The summed E-state index contributed by atoms with van der Waals surface area (Å²) >= 11 is 0. The minimum Gasteiger partial charge on any atom is -0.465 e. The molecule has 0 aliphatic carbocycles. The molecule has 0 aliphatic rings. The predicted molar refractivity (Wildman–Crippen MR) is 71.9 cm³/mol. The van der Waals surface area contributed by atoms with Crippen molar-refractivity contribution in [3.63, 3.8) is 0 Å². The first-order valence-electron chi connectivity index (χ1n) is 5.99. The smallest absolute Gasteiger partial charge is 0.343 e. The Hall–Kier alpha value is -2.63. The van der Waals surface area contributed by atoms with E-state index >= 15 is 0 Å². The molecule has 20 heavy (non-hydrogen) atoms. The summed E-state index contributed by atoms with van der Waals surface area (Å²) in [7, 11) is 1.26. The van der Waals surface area contributed by atoms with Crippen LogP contribution in [-0.4, -0.2) is 30.6 Å². The second-order valence-corrected chi connectivity index (χ2v) is 4.00. The quantitative estimate of drug-likeness (QED) is 0.858. The van der Waals surface area contributed by atoms with Crippen LogP contribution >= 0.6 is 0 Å². The first-order valence-corrected chi connectivity index (χ1v) is 5.99. The lowest BCUT2D eigenvalue weighted by molar-refractivity contribution is 0.0524. The van der Waals surface area contributed by atoms with Crippen LogP contribution < -0.4 is 5.43 Å². The Kier molecular flexibility index (Phi) is 3.84. The van der Waals surface area contributed by atoms with Gasteiger partial charge in [0.15, 0.2) is 0 Å². The maximum absolute atomic E-state index is 12.2. The molecule has 6 nitrogen and oxygen atoms in total. The van der Waals surface area contributed by atoms with E-state index < -0.39 is 17.4 Å². The van der Waals surface area contributed by atoms with E-state index in [1.54, 1.807) is 13.0 Å². The normalized spacial score (nSPS) is 10.3. The van der Waals surface area contributed by atoms with Gasteiger partial charge in [0.2, 0.25) is 5.43 Å². The summed E-state index contributed by atoms with van der Waals surface area (Å²) in [6, 6.07) is 4.51. The molecule has 2 rings (SSSR count). The van der Waals surface area contributed by atoms with Gasteiger partial charge in [-0.15, -0.1) is 0 Å². The van der Waals surface area contributed by atoms with Gasteiger partial charge < -0.3 is 14.5 Å². The van der Waals surface area contributed by atoms with Gasteiger partial charge in [0.1, 0.15) is 5.56 Å². The van der Waals surface area contributed by atoms with Crippen LogP contribution in [-0.2, 0) is 9.47 Å². The fraction of sp³-hybridized carbons (Fsp3) is 0.214. The predicted octanol–water partition coefficient (Wildman–Crippen LogP) is 1.49. The standard InChI is InChI=1S/C14H13NO5/c1-3-20-14(18)10-7-15-11-5-4-8(13(17)19-2)6-9(11)12(10)16/h4-7H,3H2,1-2H3,(H,15,16). The van der Waals surface area contributed by atoms with Crippen LogP contribution in [0.4, 0.5) is 0 Å². The summed E-state index contributed by atoms with van der Waals surface area (Å²) in [5, 5.41) is 0.235. The van der Waals surface area contributed by atoms with Crippen LogP contribution in [0, 0.1) is 0 Å². The monoisotopic (exact) mass is 275 g/mol. The maximum atomic E-state index is 12.2. The van der Waals surface area contributed by atoms with E-state index in [9.17, 15) is 14.4 Å². The summed E-state index contributed by atoms with van der Waals surface area (Å²) in [4.78, 5) is 38.2. The third-order valence-corrected chi connectivity index (χ3v) is 2.80. The van der Waals surface area contributed by atoms with Crippen LogP contribution in [0.5, 0.6) is 0 Å². The Balaban J connectivity index is 2.61. The van der Waals surface area contributed by atoms with Crippen molar-refractivity contribution < 1.29 is 19.1 Å². The zero-order chi connectivity index (χ0) is 14.7. The molecule has 1 aromatic carbocycles. The Morgan fingerprint density at radius 3 is 2.65 bits per heavy atom. The molecule has 1 N–H and O–H groups in total. The Morgan fingerprint density at radius 2 is 2.00 bits per heavy atom. The van der Waals surface area contributed by atoms with Gasteiger partial charge in [-0.25, -0.2) is 9.59 Å². The molecule has 1 aromatic heterocycles. The SMILES string of the molecule is CCOC(=O)c1c[nH]c2ccc(C(=O)OC)cc2c1=O. The number of pyridine rings is 1. The highest BCUT2D eigenvalue weighted by molar-refractivity contribution is 5.97. The van der Waals surface area contributed by atoms with E-state index in [-0.39, 0.29) is 23.1 Å². The lowest BCUT2D eigenvalue weighted by Gasteiger charge is -2.05. The molecular weight excluding hydrogens is 262 g/mol. The van der Waals surface area contributed by atoms with Gasteiger partial charge in [-0.3, -0.25) is 4.79 Å². The van der Waals surface area contributed by atoms with Crippen molar-refractivity contribution in [3.8, 4) is 0 Å². The van der Waals surface area contributed by atoms with Gasteiger partial charge in [0, 0.05) is 17.1 Å². The second kappa shape index (κ2) is 5.56. The number of rotatable bonds is 3. The summed E-state index contributed by atoms with van der Waals surface area (Å²) in [5.41, 5.74) is 0.187. The summed E-state index contributed by atoms with van der Waals surface area (Å²) in [5.74, 6) is -1.24. The lowest BCUT2D eigenvalue weighted by Crippen LogP contribution is -2.18.